The summed E-state index contributed by atoms with van der Waals surface area (Å²) in [5.74, 6) is -0.214. The lowest BCUT2D eigenvalue weighted by Crippen LogP contribution is -2.11. The predicted octanol–water partition coefficient (Wildman–Crippen LogP) is 3.40. The first-order valence-electron chi connectivity index (χ1n) is 8.51. The minimum absolute atomic E-state index is 0.152. The third kappa shape index (κ3) is 2.75. The van der Waals surface area contributed by atoms with Gasteiger partial charge in [-0.15, -0.1) is 0 Å². The molecule has 0 radical (unpaired) electrons. The van der Waals surface area contributed by atoms with Crippen LogP contribution in [0.3, 0.4) is 0 Å². The van der Waals surface area contributed by atoms with E-state index in [1.807, 2.05) is 6.92 Å². The Morgan fingerprint density at radius 2 is 2.11 bits per heavy atom. The number of nitriles is 1. The number of amides is 1. The highest BCUT2D eigenvalue weighted by molar-refractivity contribution is 6.06. The number of anilines is 1. The minimum atomic E-state index is -0.366. The molecule has 0 spiro atoms. The molecule has 138 valence electrons. The van der Waals surface area contributed by atoms with E-state index in [0.717, 1.165) is 11.1 Å². The second kappa shape index (κ2) is 6.55. The van der Waals surface area contributed by atoms with E-state index in [1.54, 1.807) is 37.5 Å². The number of H-pyrrole nitrogens is 2. The predicted molar refractivity (Wildman–Crippen MR) is 104 cm³/mol. The van der Waals surface area contributed by atoms with E-state index in [9.17, 15) is 15.2 Å². The Morgan fingerprint density at radius 3 is 2.82 bits per heavy atom. The smallest absolute Gasteiger partial charge is 0.272 e. The maximum atomic E-state index is 12.5. The number of phenolic OH excluding ortho intramolecular Hbond substituents is 1. The average Bonchev–Trinajstić information content (AvgIpc) is 3.34. The van der Waals surface area contributed by atoms with Crippen LogP contribution in [-0.4, -0.2) is 31.2 Å². The van der Waals surface area contributed by atoms with Crippen molar-refractivity contribution in [3.8, 4) is 22.9 Å². The van der Waals surface area contributed by atoms with Gasteiger partial charge in [0.15, 0.2) is 0 Å². The molecule has 4 N–H and O–H groups in total. The van der Waals surface area contributed by atoms with Gasteiger partial charge in [0.2, 0.25) is 0 Å². The van der Waals surface area contributed by atoms with Gasteiger partial charge in [0.25, 0.3) is 5.91 Å². The van der Waals surface area contributed by atoms with Crippen LogP contribution in [0.2, 0.25) is 0 Å². The molecule has 8 nitrogen and oxygen atoms in total. The molecule has 0 fully saturated rings. The number of aromatic hydroxyl groups is 1. The number of carbonyl (C=O) groups excluding carboxylic acids is 1. The number of fused-ring (bicyclic) bond motifs is 1. The summed E-state index contributed by atoms with van der Waals surface area (Å²) in [4.78, 5) is 19.8. The highest BCUT2D eigenvalue weighted by Gasteiger charge is 2.19. The Balaban J connectivity index is 1.85. The van der Waals surface area contributed by atoms with Crippen molar-refractivity contribution in [2.24, 2.45) is 0 Å². The van der Waals surface area contributed by atoms with Crippen molar-refractivity contribution in [3.05, 3.63) is 59.2 Å². The molecule has 0 saturated heterocycles. The summed E-state index contributed by atoms with van der Waals surface area (Å²) >= 11 is 0. The molecule has 0 aliphatic carbocycles. The van der Waals surface area contributed by atoms with E-state index < -0.39 is 0 Å². The van der Waals surface area contributed by atoms with Gasteiger partial charge in [0, 0.05) is 23.3 Å². The third-order valence-electron chi connectivity index (χ3n) is 4.68. The average molecular weight is 372 g/mol. The number of rotatable bonds is 3. The molecule has 0 bridgehead atoms. The van der Waals surface area contributed by atoms with Crippen LogP contribution < -0.4 is 5.32 Å². The number of aromatic amines is 2. The van der Waals surface area contributed by atoms with Crippen molar-refractivity contribution in [2.45, 2.75) is 13.8 Å². The number of aryl methyl sites for hydroxylation is 1. The van der Waals surface area contributed by atoms with Crippen molar-refractivity contribution in [1.29, 1.82) is 5.26 Å². The minimum Gasteiger partial charge on any atom is -0.508 e. The Hall–Kier alpha value is -4.12. The molecule has 0 atom stereocenters. The van der Waals surface area contributed by atoms with Crippen molar-refractivity contribution in [2.75, 3.05) is 5.32 Å². The fourth-order valence-corrected chi connectivity index (χ4v) is 3.28. The maximum Gasteiger partial charge on any atom is 0.272 e. The number of pyridine rings is 1. The van der Waals surface area contributed by atoms with Crippen LogP contribution in [-0.2, 0) is 0 Å². The van der Waals surface area contributed by atoms with Crippen molar-refractivity contribution in [1.82, 2.24) is 20.2 Å². The standard InChI is InChI=1S/C20H16N6O2/c1-10-3-4-17(27)11(2)18(10)15-9-22-19-13(14(15)6-21)5-16(26-19)20(28)25-12-7-23-24-8-12/h3-5,7-9,27H,1-2H3,(H,22,26)(H,23,24)(H,25,28). The van der Waals surface area contributed by atoms with Crippen LogP contribution in [0.15, 0.2) is 36.8 Å². The highest BCUT2D eigenvalue weighted by atomic mass is 16.3. The number of nitrogens with one attached hydrogen (secondary N) is 3. The number of carbonyl (C=O) groups is 1. The van der Waals surface area contributed by atoms with Crippen LogP contribution in [0.25, 0.3) is 22.2 Å². The molecular formula is C20H16N6O2. The molecule has 0 saturated carbocycles. The molecule has 8 heteroatoms. The van der Waals surface area contributed by atoms with Crippen molar-refractivity contribution >= 4 is 22.6 Å². The summed E-state index contributed by atoms with van der Waals surface area (Å²) in [5.41, 5.74) is 4.60. The van der Waals surface area contributed by atoms with Gasteiger partial charge < -0.3 is 15.4 Å². The zero-order chi connectivity index (χ0) is 19.8. The van der Waals surface area contributed by atoms with Crippen LogP contribution in [0, 0.1) is 25.2 Å². The van der Waals surface area contributed by atoms with E-state index in [2.05, 4.69) is 31.6 Å². The monoisotopic (exact) mass is 372 g/mol. The molecule has 3 heterocycles. The van der Waals surface area contributed by atoms with Gasteiger partial charge in [0.1, 0.15) is 23.2 Å². The van der Waals surface area contributed by atoms with Gasteiger partial charge in [0.05, 0.1) is 17.4 Å². The zero-order valence-corrected chi connectivity index (χ0v) is 15.2. The molecule has 3 aromatic heterocycles. The maximum absolute atomic E-state index is 12.5. The van der Waals surface area contributed by atoms with E-state index in [0.29, 0.717) is 33.4 Å². The normalized spacial score (nSPS) is 10.8. The van der Waals surface area contributed by atoms with E-state index in [4.69, 9.17) is 0 Å². The first-order chi connectivity index (χ1) is 13.5. The van der Waals surface area contributed by atoms with Crippen molar-refractivity contribution < 1.29 is 9.90 Å². The SMILES string of the molecule is Cc1ccc(O)c(C)c1-c1cnc2[nH]c(C(=O)Nc3cn[nH]c3)cc2c1C#N. The lowest BCUT2D eigenvalue weighted by atomic mass is 9.92. The molecule has 4 rings (SSSR count). The lowest BCUT2D eigenvalue weighted by Gasteiger charge is -2.13. The number of nitrogens with zero attached hydrogens (tertiary/aromatic N) is 3. The molecule has 1 amide bonds. The third-order valence-corrected chi connectivity index (χ3v) is 4.68. The first kappa shape index (κ1) is 17.3. The number of aromatic nitrogens is 4. The van der Waals surface area contributed by atoms with Gasteiger partial charge >= 0.3 is 0 Å². The molecular weight excluding hydrogens is 356 g/mol. The second-order valence-corrected chi connectivity index (χ2v) is 6.45. The van der Waals surface area contributed by atoms with E-state index >= 15 is 0 Å². The van der Waals surface area contributed by atoms with Crippen LogP contribution in [0.4, 0.5) is 5.69 Å². The summed E-state index contributed by atoms with van der Waals surface area (Å²) in [6.07, 6.45) is 4.64. The molecule has 0 aliphatic heterocycles. The highest BCUT2D eigenvalue weighted by Crippen LogP contribution is 2.36. The second-order valence-electron chi connectivity index (χ2n) is 6.45. The topological polar surface area (TPSA) is 130 Å². The largest absolute Gasteiger partial charge is 0.508 e. The first-order valence-corrected chi connectivity index (χ1v) is 8.51. The summed E-state index contributed by atoms with van der Waals surface area (Å²) in [6.45, 7) is 3.71. The van der Waals surface area contributed by atoms with Crippen molar-refractivity contribution in [3.63, 3.8) is 0 Å². The molecule has 4 aromatic rings. The Kier molecular flexibility index (Phi) is 4.05. The van der Waals surface area contributed by atoms with Gasteiger partial charge in [-0.25, -0.2) is 4.98 Å². The number of hydrogen-bond acceptors (Lipinski definition) is 5. The molecule has 1 aromatic carbocycles. The van der Waals surface area contributed by atoms with E-state index in [1.165, 1.54) is 6.20 Å². The summed E-state index contributed by atoms with van der Waals surface area (Å²) in [5, 5.41) is 29.6. The summed E-state index contributed by atoms with van der Waals surface area (Å²) in [7, 11) is 0. The van der Waals surface area contributed by atoms with E-state index in [-0.39, 0.29) is 17.4 Å². The Morgan fingerprint density at radius 1 is 1.29 bits per heavy atom. The fourth-order valence-electron chi connectivity index (χ4n) is 3.28. The Labute approximate surface area is 159 Å². The number of benzene rings is 1. The van der Waals surface area contributed by atoms with Crippen LogP contribution in [0.5, 0.6) is 5.75 Å². The quantitative estimate of drug-likeness (QED) is 0.438. The molecule has 28 heavy (non-hydrogen) atoms. The van der Waals surface area contributed by atoms with Gasteiger partial charge in [-0.1, -0.05) is 6.07 Å². The van der Waals surface area contributed by atoms with Gasteiger partial charge in [-0.2, -0.15) is 10.4 Å². The van der Waals surface area contributed by atoms with Gasteiger partial charge in [-0.3, -0.25) is 9.89 Å². The summed E-state index contributed by atoms with van der Waals surface area (Å²) < 4.78 is 0. The van der Waals surface area contributed by atoms with Crippen LogP contribution >= 0.6 is 0 Å². The lowest BCUT2D eigenvalue weighted by molar-refractivity contribution is 0.102. The Bertz CT molecular complexity index is 1250. The fraction of sp³-hybridized carbons (Fsp3) is 0.100. The van der Waals surface area contributed by atoms with Gasteiger partial charge in [-0.05, 0) is 42.7 Å². The van der Waals surface area contributed by atoms with Crippen LogP contribution in [0.1, 0.15) is 27.2 Å². The summed E-state index contributed by atoms with van der Waals surface area (Å²) in [6, 6.07) is 7.25. The zero-order valence-electron chi connectivity index (χ0n) is 15.2. The molecule has 0 aliphatic rings. The number of phenols is 1. The molecule has 0 unspecified atom stereocenters. The number of hydrogen-bond donors (Lipinski definition) is 4.